The number of hydrogen-bond donors (Lipinski definition) is 1. The summed E-state index contributed by atoms with van der Waals surface area (Å²) in [5.74, 6) is 5.60. The number of rotatable bonds is 5. The quantitative estimate of drug-likeness (QED) is 0.279. The van der Waals surface area contributed by atoms with Gasteiger partial charge in [-0.1, -0.05) is 0 Å². The second-order valence-electron chi connectivity index (χ2n) is 3.56. The van der Waals surface area contributed by atoms with Crippen molar-refractivity contribution in [1.82, 2.24) is 0 Å². The molecule has 19 heavy (non-hydrogen) atoms. The van der Waals surface area contributed by atoms with E-state index in [1.165, 1.54) is 0 Å². The number of benzene rings is 1. The first-order valence-electron chi connectivity index (χ1n) is 5.35. The van der Waals surface area contributed by atoms with Crippen LogP contribution in [0.4, 0.5) is 5.69 Å². The van der Waals surface area contributed by atoms with Gasteiger partial charge >= 0.3 is 111 Å². The van der Waals surface area contributed by atoms with Gasteiger partial charge in [-0.25, -0.2) is 0 Å². The fourth-order valence-corrected chi connectivity index (χ4v) is 1.48. The van der Waals surface area contributed by atoms with Gasteiger partial charge in [0, 0.05) is 0 Å². The first kappa shape index (κ1) is 15.8. The van der Waals surface area contributed by atoms with E-state index in [9.17, 15) is 0 Å². The summed E-state index contributed by atoms with van der Waals surface area (Å²) in [5, 5.41) is 0.480. The van der Waals surface area contributed by atoms with Gasteiger partial charge in [-0.2, -0.15) is 0 Å². The van der Waals surface area contributed by atoms with Crippen LogP contribution in [-0.2, 0) is 9.88 Å². The summed E-state index contributed by atoms with van der Waals surface area (Å²) < 4.78 is 8.19. The molecule has 0 aliphatic rings. The van der Waals surface area contributed by atoms with Crippen molar-refractivity contribution < 1.29 is 14.6 Å². The molecule has 0 spiro atoms. The predicted molar refractivity (Wildman–Crippen MR) is 74.3 cm³/mol. The average molecular weight is 383 g/mol. The molecule has 1 rings (SSSR count). The molecular weight excluding hydrogens is 372 g/mol. The SMILES string of the molecule is CC(C)Oc1ccc(NOOC#CC#[C][Sn])cc1Cl. The van der Waals surface area contributed by atoms with Gasteiger partial charge in [0.15, 0.2) is 0 Å². The second kappa shape index (κ2) is 8.82. The summed E-state index contributed by atoms with van der Waals surface area (Å²) in [6.45, 7) is 3.86. The summed E-state index contributed by atoms with van der Waals surface area (Å²) in [4.78, 5) is 9.19. The Morgan fingerprint density at radius 2 is 2.11 bits per heavy atom. The topological polar surface area (TPSA) is 39.7 Å². The van der Waals surface area contributed by atoms with E-state index in [4.69, 9.17) is 16.3 Å². The van der Waals surface area contributed by atoms with Gasteiger partial charge in [0.05, 0.1) is 6.10 Å². The Morgan fingerprint density at radius 1 is 1.32 bits per heavy atom. The fraction of sp³-hybridized carbons (Fsp3) is 0.231. The molecule has 0 amide bonds. The van der Waals surface area contributed by atoms with E-state index in [2.05, 4.69) is 37.2 Å². The van der Waals surface area contributed by atoms with E-state index in [-0.39, 0.29) is 6.10 Å². The Kier molecular flexibility index (Phi) is 7.35. The third kappa shape index (κ3) is 6.49. The first-order chi connectivity index (χ1) is 9.13. The maximum atomic E-state index is 6.05. The third-order valence-electron chi connectivity index (χ3n) is 1.71. The van der Waals surface area contributed by atoms with Gasteiger partial charge in [-0.3, -0.25) is 0 Å². The molecule has 0 fully saturated rings. The van der Waals surface area contributed by atoms with Crippen molar-refractivity contribution in [3.05, 3.63) is 23.2 Å². The van der Waals surface area contributed by atoms with Crippen molar-refractivity contribution >= 4 is 39.8 Å². The summed E-state index contributed by atoms with van der Waals surface area (Å²) in [6.07, 6.45) is 2.32. The minimum atomic E-state index is 0.0628. The molecule has 0 saturated carbocycles. The second-order valence-corrected chi connectivity index (χ2v) is 4.68. The molecule has 0 atom stereocenters. The number of hydrogen-bond acceptors (Lipinski definition) is 4. The maximum absolute atomic E-state index is 6.05. The molecule has 0 aromatic heterocycles. The Morgan fingerprint density at radius 3 is 2.74 bits per heavy atom. The molecule has 0 saturated heterocycles. The number of ether oxygens (including phenoxy) is 1. The molecular formula is C13H11ClNO3Sn. The molecule has 0 aliphatic heterocycles. The molecule has 0 heterocycles. The summed E-state index contributed by atoms with van der Waals surface area (Å²) in [5.41, 5.74) is 3.16. The van der Waals surface area contributed by atoms with Crippen molar-refractivity contribution in [3.63, 3.8) is 0 Å². The normalized spacial score (nSPS) is 8.89. The van der Waals surface area contributed by atoms with Gasteiger partial charge in [0.2, 0.25) is 0 Å². The molecule has 1 aromatic rings. The van der Waals surface area contributed by atoms with Gasteiger partial charge in [-0.15, -0.1) is 0 Å². The molecule has 6 heteroatoms. The molecule has 1 N–H and O–H groups in total. The molecule has 3 radical (unpaired) electrons. The van der Waals surface area contributed by atoms with Gasteiger partial charge in [0.1, 0.15) is 0 Å². The minimum absolute atomic E-state index is 0.0628. The van der Waals surface area contributed by atoms with Crippen molar-refractivity contribution in [2.24, 2.45) is 0 Å². The van der Waals surface area contributed by atoms with E-state index in [1.807, 2.05) is 13.8 Å². The van der Waals surface area contributed by atoms with Gasteiger partial charge in [0.25, 0.3) is 0 Å². The third-order valence-corrected chi connectivity index (χ3v) is 2.37. The van der Waals surface area contributed by atoms with Crippen molar-refractivity contribution in [2.75, 3.05) is 5.48 Å². The van der Waals surface area contributed by atoms with Crippen molar-refractivity contribution in [2.45, 2.75) is 20.0 Å². The Bertz CT molecular complexity index is 540. The first-order valence-corrected chi connectivity index (χ1v) is 7.15. The van der Waals surface area contributed by atoms with E-state index < -0.39 is 0 Å². The van der Waals surface area contributed by atoms with Crippen molar-refractivity contribution in [1.29, 1.82) is 0 Å². The van der Waals surface area contributed by atoms with Crippen LogP contribution in [0.1, 0.15) is 13.8 Å². The Balaban J connectivity index is 2.49. The van der Waals surface area contributed by atoms with Crippen LogP contribution in [0.5, 0.6) is 5.75 Å². The summed E-state index contributed by atoms with van der Waals surface area (Å²) in [6, 6.07) is 5.15. The van der Waals surface area contributed by atoms with E-state index in [0.29, 0.717) is 16.5 Å². The number of nitrogens with one attached hydrogen (secondary N) is 1. The summed E-state index contributed by atoms with van der Waals surface area (Å²) in [7, 11) is 0. The van der Waals surface area contributed by atoms with E-state index in [1.54, 1.807) is 18.2 Å². The van der Waals surface area contributed by atoms with Crippen LogP contribution in [0.25, 0.3) is 0 Å². The van der Waals surface area contributed by atoms with Crippen LogP contribution < -0.4 is 10.2 Å². The average Bonchev–Trinajstić information content (AvgIpc) is 2.36. The molecule has 4 nitrogen and oxygen atoms in total. The molecule has 0 aliphatic carbocycles. The van der Waals surface area contributed by atoms with Crippen LogP contribution in [0, 0.1) is 21.9 Å². The van der Waals surface area contributed by atoms with E-state index >= 15 is 0 Å². The van der Waals surface area contributed by atoms with Crippen LogP contribution in [0.2, 0.25) is 5.02 Å². The monoisotopic (exact) mass is 384 g/mol. The molecule has 0 unspecified atom stereocenters. The predicted octanol–water partition coefficient (Wildman–Crippen LogP) is 2.49. The number of anilines is 1. The van der Waals surface area contributed by atoms with Crippen LogP contribution in [-0.4, -0.2) is 28.6 Å². The van der Waals surface area contributed by atoms with E-state index in [0.717, 1.165) is 22.5 Å². The van der Waals surface area contributed by atoms with Crippen LogP contribution in [0.15, 0.2) is 18.2 Å². The zero-order valence-corrected chi connectivity index (χ0v) is 14.0. The fourth-order valence-electron chi connectivity index (χ4n) is 1.08. The van der Waals surface area contributed by atoms with Gasteiger partial charge < -0.3 is 0 Å². The molecule has 97 valence electrons. The summed E-state index contributed by atoms with van der Waals surface area (Å²) >= 11 is 7.15. The van der Waals surface area contributed by atoms with Crippen LogP contribution in [0.3, 0.4) is 0 Å². The molecule has 0 bridgehead atoms. The zero-order valence-electron chi connectivity index (χ0n) is 10.4. The molecule has 1 aromatic carbocycles. The van der Waals surface area contributed by atoms with Gasteiger partial charge in [-0.05, 0) is 13.8 Å². The Labute approximate surface area is 130 Å². The van der Waals surface area contributed by atoms with Crippen molar-refractivity contribution in [3.8, 4) is 27.6 Å². The van der Waals surface area contributed by atoms with Crippen LogP contribution >= 0.6 is 11.6 Å². The standard InChI is InChI=1S/C13H11ClNO3.Sn/c1-4-5-8-16-18-15-11-6-7-13(12(14)9-11)17-10(2)3;/h6-7,9-10,15H,2-3H3;. The number of halogens is 1. The Hall–Kier alpha value is -1.21. The zero-order chi connectivity index (χ0) is 14.1.